The summed E-state index contributed by atoms with van der Waals surface area (Å²) in [6.07, 6.45) is 2.57. The molecule has 21 heavy (non-hydrogen) atoms. The minimum Gasteiger partial charge on any atom is -0.486 e. The van der Waals surface area contributed by atoms with Crippen LogP contribution in [0, 0.1) is 6.92 Å². The van der Waals surface area contributed by atoms with Crippen molar-refractivity contribution in [3.8, 4) is 5.75 Å². The highest BCUT2D eigenvalue weighted by molar-refractivity contribution is 6.32. The van der Waals surface area contributed by atoms with Crippen LogP contribution in [0.15, 0.2) is 36.4 Å². The maximum atomic E-state index is 6.13. The second-order valence-corrected chi connectivity index (χ2v) is 5.91. The predicted octanol–water partition coefficient (Wildman–Crippen LogP) is 3.87. The molecule has 1 aliphatic rings. The van der Waals surface area contributed by atoms with Crippen LogP contribution in [0.4, 0.5) is 0 Å². The van der Waals surface area contributed by atoms with Gasteiger partial charge in [0.2, 0.25) is 0 Å². The van der Waals surface area contributed by atoms with Gasteiger partial charge in [-0.05, 0) is 49.6 Å². The molecule has 1 aromatic carbocycles. The van der Waals surface area contributed by atoms with E-state index in [1.54, 1.807) is 0 Å². The van der Waals surface area contributed by atoms with E-state index in [0.29, 0.717) is 23.4 Å². The van der Waals surface area contributed by atoms with Crippen LogP contribution in [0.25, 0.3) is 0 Å². The van der Waals surface area contributed by atoms with Gasteiger partial charge in [-0.1, -0.05) is 23.7 Å². The Morgan fingerprint density at radius 3 is 2.86 bits per heavy atom. The minimum atomic E-state index is 0.431. The Bertz CT molecular complexity index is 626. The van der Waals surface area contributed by atoms with Crippen LogP contribution in [0.5, 0.6) is 5.75 Å². The smallest absolute Gasteiger partial charge is 0.138 e. The fourth-order valence-electron chi connectivity index (χ4n) is 2.12. The molecule has 1 saturated carbocycles. The van der Waals surface area contributed by atoms with Crippen molar-refractivity contribution in [2.24, 2.45) is 0 Å². The zero-order chi connectivity index (χ0) is 14.7. The molecule has 0 saturated heterocycles. The molecule has 0 bridgehead atoms. The maximum absolute atomic E-state index is 6.13. The largest absolute Gasteiger partial charge is 0.486 e. The lowest BCUT2D eigenvalue weighted by atomic mass is 10.2. The summed E-state index contributed by atoms with van der Waals surface area (Å²) in [5.41, 5.74) is 3.10. The molecule has 0 atom stereocenters. The number of benzene rings is 1. The van der Waals surface area contributed by atoms with Crippen molar-refractivity contribution in [1.82, 2.24) is 10.3 Å². The Morgan fingerprint density at radius 2 is 2.05 bits per heavy atom. The van der Waals surface area contributed by atoms with Crippen molar-refractivity contribution in [3.63, 3.8) is 0 Å². The lowest BCUT2D eigenvalue weighted by molar-refractivity contribution is 0.301. The number of hydrogen-bond acceptors (Lipinski definition) is 3. The first-order chi connectivity index (χ1) is 10.2. The van der Waals surface area contributed by atoms with Crippen molar-refractivity contribution in [3.05, 3.63) is 58.4 Å². The van der Waals surface area contributed by atoms with E-state index in [2.05, 4.69) is 10.3 Å². The van der Waals surface area contributed by atoms with Gasteiger partial charge in [-0.3, -0.25) is 4.98 Å². The lowest BCUT2D eigenvalue weighted by Crippen LogP contribution is -2.16. The first-order valence-corrected chi connectivity index (χ1v) is 7.65. The summed E-state index contributed by atoms with van der Waals surface area (Å²) >= 11 is 6.13. The third kappa shape index (κ3) is 4.19. The Kier molecular flexibility index (Phi) is 4.42. The maximum Gasteiger partial charge on any atom is 0.138 e. The summed E-state index contributed by atoms with van der Waals surface area (Å²) in [6, 6.07) is 12.5. The van der Waals surface area contributed by atoms with Gasteiger partial charge in [0.1, 0.15) is 12.4 Å². The van der Waals surface area contributed by atoms with Gasteiger partial charge in [0.25, 0.3) is 0 Å². The van der Waals surface area contributed by atoms with Crippen molar-refractivity contribution in [2.75, 3.05) is 0 Å². The number of nitrogens with zero attached hydrogens (tertiary/aromatic N) is 1. The van der Waals surface area contributed by atoms with E-state index in [-0.39, 0.29) is 0 Å². The fraction of sp³-hybridized carbons (Fsp3) is 0.353. The monoisotopic (exact) mass is 302 g/mol. The van der Waals surface area contributed by atoms with E-state index in [1.807, 2.05) is 43.3 Å². The van der Waals surface area contributed by atoms with Crippen molar-refractivity contribution in [2.45, 2.75) is 39.0 Å². The third-order valence-corrected chi connectivity index (χ3v) is 3.79. The third-order valence-electron chi connectivity index (χ3n) is 3.48. The molecular formula is C17H19ClN2O. The van der Waals surface area contributed by atoms with Crippen LogP contribution in [0.2, 0.25) is 5.02 Å². The van der Waals surface area contributed by atoms with E-state index in [4.69, 9.17) is 16.3 Å². The van der Waals surface area contributed by atoms with Crippen LogP contribution < -0.4 is 10.1 Å². The average molecular weight is 303 g/mol. The van der Waals surface area contributed by atoms with E-state index < -0.39 is 0 Å². The van der Waals surface area contributed by atoms with Gasteiger partial charge in [-0.2, -0.15) is 0 Å². The second-order valence-electron chi connectivity index (χ2n) is 5.50. The van der Waals surface area contributed by atoms with Crippen LogP contribution in [0.3, 0.4) is 0 Å². The molecule has 0 amide bonds. The Labute approximate surface area is 130 Å². The molecule has 1 heterocycles. The molecule has 3 nitrogen and oxygen atoms in total. The summed E-state index contributed by atoms with van der Waals surface area (Å²) < 4.78 is 5.78. The molecule has 1 aliphatic carbocycles. The van der Waals surface area contributed by atoms with E-state index in [9.17, 15) is 0 Å². The average Bonchev–Trinajstić information content (AvgIpc) is 3.31. The summed E-state index contributed by atoms with van der Waals surface area (Å²) in [7, 11) is 0. The van der Waals surface area contributed by atoms with Gasteiger partial charge in [0, 0.05) is 12.6 Å². The number of pyridine rings is 1. The van der Waals surface area contributed by atoms with Gasteiger partial charge in [0.05, 0.1) is 16.4 Å². The number of aromatic nitrogens is 1. The quantitative estimate of drug-likeness (QED) is 0.879. The standard InChI is InChI=1S/C17H19ClN2O/c1-12-5-8-16(18)17(9-12)21-11-15-4-2-3-14(20-15)10-19-13-6-7-13/h2-5,8-9,13,19H,6-7,10-11H2,1H3. The molecule has 110 valence electrons. The van der Waals surface area contributed by atoms with Gasteiger partial charge in [0.15, 0.2) is 0 Å². The number of ether oxygens (including phenoxy) is 1. The fourth-order valence-corrected chi connectivity index (χ4v) is 2.29. The molecule has 0 aliphatic heterocycles. The van der Waals surface area contributed by atoms with Gasteiger partial charge in [-0.25, -0.2) is 0 Å². The zero-order valence-electron chi connectivity index (χ0n) is 12.1. The predicted molar refractivity (Wildman–Crippen MR) is 84.6 cm³/mol. The molecule has 1 fully saturated rings. The van der Waals surface area contributed by atoms with Crippen LogP contribution in [0.1, 0.15) is 29.8 Å². The van der Waals surface area contributed by atoms with E-state index in [1.165, 1.54) is 12.8 Å². The van der Waals surface area contributed by atoms with Crippen LogP contribution in [-0.4, -0.2) is 11.0 Å². The number of nitrogens with one attached hydrogen (secondary N) is 1. The zero-order valence-corrected chi connectivity index (χ0v) is 12.9. The molecular weight excluding hydrogens is 284 g/mol. The van der Waals surface area contributed by atoms with Gasteiger partial charge in [-0.15, -0.1) is 0 Å². The molecule has 1 aromatic heterocycles. The highest BCUT2D eigenvalue weighted by Gasteiger charge is 2.20. The SMILES string of the molecule is Cc1ccc(Cl)c(OCc2cccc(CNC3CC3)n2)c1. The first-order valence-electron chi connectivity index (χ1n) is 7.28. The van der Waals surface area contributed by atoms with Crippen LogP contribution >= 0.6 is 11.6 Å². The highest BCUT2D eigenvalue weighted by atomic mass is 35.5. The molecule has 1 N–H and O–H groups in total. The minimum absolute atomic E-state index is 0.431. The molecule has 2 aromatic rings. The molecule has 0 unspecified atom stereocenters. The summed E-state index contributed by atoms with van der Waals surface area (Å²) in [5.74, 6) is 0.708. The van der Waals surface area contributed by atoms with Gasteiger partial charge < -0.3 is 10.1 Å². The number of halogens is 1. The highest BCUT2D eigenvalue weighted by Crippen LogP contribution is 2.26. The summed E-state index contributed by atoms with van der Waals surface area (Å²) in [6.45, 7) is 3.27. The first kappa shape index (κ1) is 14.4. The van der Waals surface area contributed by atoms with E-state index in [0.717, 1.165) is 23.5 Å². The van der Waals surface area contributed by atoms with Crippen molar-refractivity contribution >= 4 is 11.6 Å². The number of hydrogen-bond donors (Lipinski definition) is 1. The number of rotatable bonds is 6. The molecule has 3 rings (SSSR count). The molecule has 0 spiro atoms. The summed E-state index contributed by atoms with van der Waals surface area (Å²) in [5, 5.41) is 4.10. The number of aryl methyl sites for hydroxylation is 1. The van der Waals surface area contributed by atoms with Gasteiger partial charge >= 0.3 is 0 Å². The normalized spacial score (nSPS) is 14.2. The van der Waals surface area contributed by atoms with Crippen LogP contribution in [-0.2, 0) is 13.2 Å². The van der Waals surface area contributed by atoms with Crippen molar-refractivity contribution < 1.29 is 4.74 Å². The molecule has 4 heteroatoms. The second kappa shape index (κ2) is 6.46. The topological polar surface area (TPSA) is 34.1 Å². The lowest BCUT2D eigenvalue weighted by Gasteiger charge is -2.09. The van der Waals surface area contributed by atoms with Crippen molar-refractivity contribution in [1.29, 1.82) is 0 Å². The molecule has 0 radical (unpaired) electrons. The Hall–Kier alpha value is -1.58. The summed E-state index contributed by atoms with van der Waals surface area (Å²) in [4.78, 5) is 4.61. The Balaban J connectivity index is 1.61. The Morgan fingerprint density at radius 1 is 1.24 bits per heavy atom. The van der Waals surface area contributed by atoms with E-state index >= 15 is 0 Å².